The summed E-state index contributed by atoms with van der Waals surface area (Å²) in [5.41, 5.74) is 2.86. The Kier molecular flexibility index (Phi) is 4.21. The van der Waals surface area contributed by atoms with Crippen LogP contribution in [0.25, 0.3) is 0 Å². The lowest BCUT2D eigenvalue weighted by atomic mass is 10.2. The van der Waals surface area contributed by atoms with E-state index in [1.54, 1.807) is 30.6 Å². The minimum atomic E-state index is 0.607. The minimum absolute atomic E-state index is 0.607. The molecule has 2 rings (SSSR count). The van der Waals surface area contributed by atoms with Crippen LogP contribution in [0.5, 0.6) is 5.75 Å². The van der Waals surface area contributed by atoms with Gasteiger partial charge in [0.05, 0.1) is 24.4 Å². The van der Waals surface area contributed by atoms with E-state index in [2.05, 4.69) is 28.2 Å². The second kappa shape index (κ2) is 6.08. The summed E-state index contributed by atoms with van der Waals surface area (Å²) in [5.74, 6) is 0.708. The standard InChI is InChI=1S/C14H14N2OS/c1-17-14-8-12(9-15)2-3-13(14)16-6-4-11-5-7-18-10-11/h2-3,5,7-8,10,16H,4,6H2,1H3. The third kappa shape index (κ3) is 3.02. The molecule has 1 heterocycles. The Morgan fingerprint density at radius 2 is 2.28 bits per heavy atom. The molecule has 2 aromatic rings. The number of ether oxygens (including phenoxy) is 1. The number of thiophene rings is 1. The van der Waals surface area contributed by atoms with Gasteiger partial charge in [0.15, 0.2) is 0 Å². The van der Waals surface area contributed by atoms with Gasteiger partial charge in [-0.2, -0.15) is 16.6 Å². The highest BCUT2D eigenvalue weighted by atomic mass is 32.1. The molecule has 18 heavy (non-hydrogen) atoms. The first-order valence-electron chi connectivity index (χ1n) is 5.66. The molecule has 4 heteroatoms. The Balaban J connectivity index is 1.98. The maximum atomic E-state index is 8.82. The molecule has 0 atom stereocenters. The summed E-state index contributed by atoms with van der Waals surface area (Å²) < 4.78 is 5.26. The summed E-state index contributed by atoms with van der Waals surface area (Å²) in [5, 5.41) is 16.4. The third-order valence-corrected chi connectivity index (χ3v) is 3.37. The van der Waals surface area contributed by atoms with Gasteiger partial charge in [0, 0.05) is 12.6 Å². The SMILES string of the molecule is COc1cc(C#N)ccc1NCCc1ccsc1. The number of nitriles is 1. The summed E-state index contributed by atoms with van der Waals surface area (Å²) in [6.45, 7) is 0.846. The molecule has 0 aliphatic heterocycles. The van der Waals surface area contributed by atoms with Crippen molar-refractivity contribution in [1.29, 1.82) is 5.26 Å². The lowest BCUT2D eigenvalue weighted by Crippen LogP contribution is -2.05. The predicted molar refractivity (Wildman–Crippen MR) is 74.2 cm³/mol. The Hall–Kier alpha value is -1.99. The second-order valence-electron chi connectivity index (χ2n) is 3.84. The van der Waals surface area contributed by atoms with Gasteiger partial charge in [0.25, 0.3) is 0 Å². The molecule has 0 spiro atoms. The molecule has 0 radical (unpaired) electrons. The van der Waals surface area contributed by atoms with Gasteiger partial charge in [-0.25, -0.2) is 0 Å². The van der Waals surface area contributed by atoms with Gasteiger partial charge < -0.3 is 10.1 Å². The van der Waals surface area contributed by atoms with Crippen LogP contribution in [0.15, 0.2) is 35.0 Å². The van der Waals surface area contributed by atoms with Crippen molar-refractivity contribution in [3.05, 3.63) is 46.2 Å². The van der Waals surface area contributed by atoms with Crippen molar-refractivity contribution in [3.8, 4) is 11.8 Å². The molecule has 1 aromatic carbocycles. The molecular weight excluding hydrogens is 244 g/mol. The number of methoxy groups -OCH3 is 1. The van der Waals surface area contributed by atoms with Crippen molar-refractivity contribution in [1.82, 2.24) is 0 Å². The van der Waals surface area contributed by atoms with E-state index in [0.29, 0.717) is 11.3 Å². The highest BCUT2D eigenvalue weighted by Crippen LogP contribution is 2.25. The van der Waals surface area contributed by atoms with Crippen LogP contribution in [0.2, 0.25) is 0 Å². The summed E-state index contributed by atoms with van der Waals surface area (Å²) in [7, 11) is 1.61. The maximum Gasteiger partial charge on any atom is 0.143 e. The zero-order chi connectivity index (χ0) is 12.8. The van der Waals surface area contributed by atoms with Gasteiger partial charge in [-0.3, -0.25) is 0 Å². The van der Waals surface area contributed by atoms with E-state index >= 15 is 0 Å². The molecular formula is C14H14N2OS. The number of nitrogens with one attached hydrogen (secondary N) is 1. The molecule has 0 aliphatic rings. The van der Waals surface area contributed by atoms with Gasteiger partial charge in [-0.05, 0) is 40.9 Å². The van der Waals surface area contributed by atoms with E-state index in [1.807, 2.05) is 6.07 Å². The first-order chi connectivity index (χ1) is 8.83. The van der Waals surface area contributed by atoms with Crippen LogP contribution >= 0.6 is 11.3 Å². The normalized spacial score (nSPS) is 9.78. The molecule has 3 nitrogen and oxygen atoms in total. The van der Waals surface area contributed by atoms with Gasteiger partial charge >= 0.3 is 0 Å². The average molecular weight is 258 g/mol. The molecule has 92 valence electrons. The molecule has 0 fully saturated rings. The first kappa shape index (κ1) is 12.5. The number of nitrogens with zero attached hydrogens (tertiary/aromatic N) is 1. The van der Waals surface area contributed by atoms with E-state index in [0.717, 1.165) is 18.7 Å². The Morgan fingerprint density at radius 1 is 1.39 bits per heavy atom. The van der Waals surface area contributed by atoms with E-state index in [4.69, 9.17) is 10.00 Å². The molecule has 0 amide bonds. The Labute approximate surface area is 111 Å². The van der Waals surface area contributed by atoms with Crippen molar-refractivity contribution < 1.29 is 4.74 Å². The van der Waals surface area contributed by atoms with E-state index in [1.165, 1.54) is 5.56 Å². The number of hydrogen-bond acceptors (Lipinski definition) is 4. The van der Waals surface area contributed by atoms with Crippen molar-refractivity contribution >= 4 is 17.0 Å². The lowest BCUT2D eigenvalue weighted by molar-refractivity contribution is 0.416. The van der Waals surface area contributed by atoms with Crippen LogP contribution in [0.1, 0.15) is 11.1 Å². The minimum Gasteiger partial charge on any atom is -0.495 e. The molecule has 0 saturated heterocycles. The number of anilines is 1. The highest BCUT2D eigenvalue weighted by molar-refractivity contribution is 7.07. The zero-order valence-corrected chi connectivity index (χ0v) is 11.0. The topological polar surface area (TPSA) is 45.0 Å². The molecule has 0 unspecified atom stereocenters. The fourth-order valence-corrected chi connectivity index (χ4v) is 2.39. The maximum absolute atomic E-state index is 8.82. The Bertz CT molecular complexity index is 543. The Morgan fingerprint density at radius 3 is 2.94 bits per heavy atom. The fraction of sp³-hybridized carbons (Fsp3) is 0.214. The summed E-state index contributed by atoms with van der Waals surface area (Å²) in [6.07, 6.45) is 0.979. The summed E-state index contributed by atoms with van der Waals surface area (Å²) >= 11 is 1.71. The van der Waals surface area contributed by atoms with Gasteiger partial charge in [0.2, 0.25) is 0 Å². The number of hydrogen-bond donors (Lipinski definition) is 1. The molecule has 0 bridgehead atoms. The van der Waals surface area contributed by atoms with Crippen molar-refractivity contribution in [2.45, 2.75) is 6.42 Å². The van der Waals surface area contributed by atoms with Crippen LogP contribution in [0, 0.1) is 11.3 Å². The van der Waals surface area contributed by atoms with Gasteiger partial charge in [-0.15, -0.1) is 0 Å². The van der Waals surface area contributed by atoms with Crippen LogP contribution in [-0.4, -0.2) is 13.7 Å². The van der Waals surface area contributed by atoms with Crippen LogP contribution in [-0.2, 0) is 6.42 Å². The number of rotatable bonds is 5. The molecule has 0 aliphatic carbocycles. The van der Waals surface area contributed by atoms with Crippen molar-refractivity contribution in [2.24, 2.45) is 0 Å². The van der Waals surface area contributed by atoms with Crippen molar-refractivity contribution in [2.75, 3.05) is 19.0 Å². The quantitative estimate of drug-likeness (QED) is 0.895. The number of benzene rings is 1. The van der Waals surface area contributed by atoms with Gasteiger partial charge in [-0.1, -0.05) is 0 Å². The van der Waals surface area contributed by atoms with Crippen LogP contribution in [0.3, 0.4) is 0 Å². The molecule has 0 saturated carbocycles. The lowest BCUT2D eigenvalue weighted by Gasteiger charge is -2.10. The van der Waals surface area contributed by atoms with Crippen LogP contribution < -0.4 is 10.1 Å². The summed E-state index contributed by atoms with van der Waals surface area (Å²) in [6, 6.07) is 9.64. The first-order valence-corrected chi connectivity index (χ1v) is 6.61. The monoisotopic (exact) mass is 258 g/mol. The molecule has 1 N–H and O–H groups in total. The average Bonchev–Trinajstić information content (AvgIpc) is 2.92. The fourth-order valence-electron chi connectivity index (χ4n) is 1.68. The van der Waals surface area contributed by atoms with Gasteiger partial charge in [0.1, 0.15) is 5.75 Å². The smallest absolute Gasteiger partial charge is 0.143 e. The van der Waals surface area contributed by atoms with Crippen LogP contribution in [0.4, 0.5) is 5.69 Å². The zero-order valence-electron chi connectivity index (χ0n) is 10.1. The largest absolute Gasteiger partial charge is 0.495 e. The van der Waals surface area contributed by atoms with E-state index < -0.39 is 0 Å². The van der Waals surface area contributed by atoms with E-state index in [9.17, 15) is 0 Å². The predicted octanol–water partition coefficient (Wildman–Crippen LogP) is 3.28. The van der Waals surface area contributed by atoms with Crippen molar-refractivity contribution in [3.63, 3.8) is 0 Å². The van der Waals surface area contributed by atoms with E-state index in [-0.39, 0.29) is 0 Å². The molecule has 1 aromatic heterocycles. The third-order valence-electron chi connectivity index (χ3n) is 2.64. The highest BCUT2D eigenvalue weighted by Gasteiger charge is 2.03. The second-order valence-corrected chi connectivity index (χ2v) is 4.62. The summed E-state index contributed by atoms with van der Waals surface area (Å²) in [4.78, 5) is 0.